The quantitative estimate of drug-likeness (QED) is 0.407. The van der Waals surface area contributed by atoms with E-state index in [4.69, 9.17) is 33.3 Å². The zero-order valence-electron chi connectivity index (χ0n) is 21.8. The van der Waals surface area contributed by atoms with Gasteiger partial charge >= 0.3 is 5.97 Å². The zero-order valence-corrected chi connectivity index (χ0v) is 23.4. The van der Waals surface area contributed by atoms with Crippen molar-refractivity contribution in [3.63, 3.8) is 0 Å². The van der Waals surface area contributed by atoms with Crippen LogP contribution in [0.3, 0.4) is 0 Å². The fourth-order valence-corrected chi connectivity index (χ4v) is 6.14. The van der Waals surface area contributed by atoms with Gasteiger partial charge in [0.05, 0.1) is 12.5 Å². The minimum atomic E-state index is -0.969. The molecule has 202 valence electrons. The van der Waals surface area contributed by atoms with Crippen molar-refractivity contribution in [2.24, 2.45) is 16.8 Å². The molecule has 0 saturated heterocycles. The highest BCUT2D eigenvalue weighted by atomic mass is 35.5. The van der Waals surface area contributed by atoms with Crippen molar-refractivity contribution in [2.45, 2.75) is 64.6 Å². The van der Waals surface area contributed by atoms with Crippen LogP contribution in [-0.4, -0.2) is 45.7 Å². The predicted molar refractivity (Wildman–Crippen MR) is 149 cm³/mol. The van der Waals surface area contributed by atoms with Gasteiger partial charge in [-0.1, -0.05) is 56.1 Å². The molecule has 2 N–H and O–H groups in total. The summed E-state index contributed by atoms with van der Waals surface area (Å²) in [5, 5.41) is 12.3. The summed E-state index contributed by atoms with van der Waals surface area (Å²) >= 11 is 12.6. The highest BCUT2D eigenvalue weighted by molar-refractivity contribution is 6.47. The third-order valence-electron chi connectivity index (χ3n) is 7.83. The van der Waals surface area contributed by atoms with Gasteiger partial charge in [0, 0.05) is 27.7 Å². The summed E-state index contributed by atoms with van der Waals surface area (Å²) in [5.41, 5.74) is 1.67. The summed E-state index contributed by atoms with van der Waals surface area (Å²) in [6, 6.07) is 12.0. The Kier molecular flexibility index (Phi) is 8.48. The van der Waals surface area contributed by atoms with Crippen LogP contribution in [0.4, 0.5) is 0 Å². The zero-order chi connectivity index (χ0) is 27.6. The number of benzene rings is 2. The first-order valence-corrected chi connectivity index (χ1v) is 13.8. The molecule has 1 aliphatic heterocycles. The molecular formula is C29H33Cl2N3O4. The SMILES string of the molecule is CC[C@H](c1ccc(C(=O)NCCC(=O)O)cc1)N1C(=O)C(c2cc(Cl)cc(Cl)c2)=NC12CCC(C)C(C)C2. The molecule has 4 atom stereocenters. The van der Waals surface area contributed by atoms with Gasteiger partial charge in [0.2, 0.25) is 0 Å². The summed E-state index contributed by atoms with van der Waals surface area (Å²) < 4.78 is 0. The van der Waals surface area contributed by atoms with Gasteiger partial charge in [0.15, 0.2) is 0 Å². The second-order valence-electron chi connectivity index (χ2n) is 10.4. The van der Waals surface area contributed by atoms with Crippen molar-refractivity contribution in [2.75, 3.05) is 6.54 Å². The molecule has 0 radical (unpaired) electrons. The number of nitrogens with one attached hydrogen (secondary N) is 1. The van der Waals surface area contributed by atoms with Crippen molar-refractivity contribution >= 4 is 46.7 Å². The number of carbonyl (C=O) groups excluding carboxylic acids is 2. The molecular weight excluding hydrogens is 525 g/mol. The van der Waals surface area contributed by atoms with E-state index in [0.29, 0.717) is 45.1 Å². The third-order valence-corrected chi connectivity index (χ3v) is 8.26. The van der Waals surface area contributed by atoms with Crippen LogP contribution < -0.4 is 5.32 Å². The van der Waals surface area contributed by atoms with Crippen molar-refractivity contribution in [3.8, 4) is 0 Å². The average Bonchev–Trinajstić information content (AvgIpc) is 3.13. The van der Waals surface area contributed by atoms with Crippen molar-refractivity contribution in [1.82, 2.24) is 10.2 Å². The molecule has 2 amide bonds. The molecule has 1 heterocycles. The lowest BCUT2D eigenvalue weighted by atomic mass is 9.74. The first-order valence-electron chi connectivity index (χ1n) is 13.0. The van der Waals surface area contributed by atoms with E-state index < -0.39 is 11.6 Å². The van der Waals surface area contributed by atoms with E-state index in [9.17, 15) is 14.4 Å². The van der Waals surface area contributed by atoms with Crippen molar-refractivity contribution in [1.29, 1.82) is 0 Å². The predicted octanol–water partition coefficient (Wildman–Crippen LogP) is 6.13. The number of carbonyl (C=O) groups is 3. The Hall–Kier alpha value is -2.90. The molecule has 2 aromatic carbocycles. The molecule has 1 spiro atoms. The van der Waals surface area contributed by atoms with Crippen LogP contribution in [0.2, 0.25) is 10.0 Å². The number of amides is 2. The highest BCUT2D eigenvalue weighted by Crippen LogP contribution is 2.48. The Bertz CT molecular complexity index is 1240. The number of carboxylic acid groups (broad SMARTS) is 1. The standard InChI is InChI=1S/C29H33Cl2N3O4/c1-4-24(19-5-7-20(8-6-19)27(37)32-12-10-25(35)36)34-28(38)26(21-13-22(30)15-23(31)14-21)33-29(34)11-9-17(2)18(3)16-29/h5-8,13-15,17-18,24H,4,9-12,16H2,1-3H3,(H,32,37)(H,35,36)/t17?,18?,24-,29?/m1/s1. The fraction of sp³-hybridized carbons (Fsp3) is 0.448. The Morgan fingerprint density at radius 1 is 1.13 bits per heavy atom. The molecule has 7 nitrogen and oxygen atoms in total. The van der Waals surface area contributed by atoms with Crippen LogP contribution >= 0.6 is 23.2 Å². The number of hydrogen-bond acceptors (Lipinski definition) is 4. The van der Waals surface area contributed by atoms with Gasteiger partial charge in [-0.3, -0.25) is 19.4 Å². The molecule has 1 saturated carbocycles. The number of rotatable bonds is 8. The van der Waals surface area contributed by atoms with Gasteiger partial charge in [-0.2, -0.15) is 0 Å². The van der Waals surface area contributed by atoms with Crippen molar-refractivity contribution < 1.29 is 19.5 Å². The number of aliphatic carboxylic acids is 1. The molecule has 0 bridgehead atoms. The minimum Gasteiger partial charge on any atom is -0.481 e. The molecule has 3 unspecified atom stereocenters. The molecule has 4 rings (SSSR count). The highest BCUT2D eigenvalue weighted by Gasteiger charge is 2.52. The molecule has 2 aliphatic rings. The van der Waals surface area contributed by atoms with Crippen LogP contribution in [-0.2, 0) is 9.59 Å². The third kappa shape index (κ3) is 5.74. The number of carboxylic acids is 1. The lowest BCUT2D eigenvalue weighted by Crippen LogP contribution is -2.52. The first kappa shape index (κ1) is 28.1. The minimum absolute atomic E-state index is 0.0581. The van der Waals surface area contributed by atoms with Crippen molar-refractivity contribution in [3.05, 3.63) is 69.2 Å². The normalized spacial score (nSPS) is 23.9. The molecule has 9 heteroatoms. The molecule has 1 aliphatic carbocycles. The maximum Gasteiger partial charge on any atom is 0.305 e. The Morgan fingerprint density at radius 2 is 1.79 bits per heavy atom. The van der Waals surface area contributed by atoms with E-state index in [0.717, 1.165) is 24.8 Å². The monoisotopic (exact) mass is 557 g/mol. The van der Waals surface area contributed by atoms with E-state index in [1.165, 1.54) is 0 Å². The van der Waals surface area contributed by atoms with Crippen LogP contribution in [0.15, 0.2) is 47.5 Å². The smallest absolute Gasteiger partial charge is 0.305 e. The van der Waals surface area contributed by atoms with E-state index >= 15 is 0 Å². The first-order chi connectivity index (χ1) is 18.0. The van der Waals surface area contributed by atoms with Gasteiger partial charge < -0.3 is 15.3 Å². The van der Waals surface area contributed by atoms with Gasteiger partial charge in [-0.15, -0.1) is 0 Å². The largest absolute Gasteiger partial charge is 0.481 e. The summed E-state index contributed by atoms with van der Waals surface area (Å²) in [6.45, 7) is 6.57. The lowest BCUT2D eigenvalue weighted by Gasteiger charge is -2.47. The maximum absolute atomic E-state index is 14.1. The van der Waals surface area contributed by atoms with Crippen LogP contribution in [0.5, 0.6) is 0 Å². The lowest BCUT2D eigenvalue weighted by molar-refractivity contribution is -0.137. The summed E-state index contributed by atoms with van der Waals surface area (Å²) in [6.07, 6.45) is 3.02. The Balaban J connectivity index is 1.67. The van der Waals surface area contributed by atoms with Gasteiger partial charge in [-0.05, 0) is 73.4 Å². The Labute approximate surface area is 233 Å². The molecule has 38 heavy (non-hydrogen) atoms. The second-order valence-corrected chi connectivity index (χ2v) is 11.3. The van der Waals surface area contributed by atoms with Gasteiger partial charge in [0.1, 0.15) is 11.4 Å². The summed E-state index contributed by atoms with van der Waals surface area (Å²) in [5.74, 6) is -0.523. The molecule has 1 fully saturated rings. The van der Waals surface area contributed by atoms with Gasteiger partial charge in [0.25, 0.3) is 11.8 Å². The van der Waals surface area contributed by atoms with E-state index in [1.54, 1.807) is 30.3 Å². The molecule has 2 aromatic rings. The topological polar surface area (TPSA) is 99.1 Å². The number of aliphatic imine (C=N–C) groups is 1. The fourth-order valence-electron chi connectivity index (χ4n) is 5.61. The number of halogens is 2. The molecule has 0 aromatic heterocycles. The van der Waals surface area contributed by atoms with E-state index in [-0.39, 0.29) is 30.8 Å². The van der Waals surface area contributed by atoms with Crippen LogP contribution in [0.1, 0.15) is 80.4 Å². The summed E-state index contributed by atoms with van der Waals surface area (Å²) in [7, 11) is 0. The van der Waals surface area contributed by atoms with Gasteiger partial charge in [-0.25, -0.2) is 0 Å². The Morgan fingerprint density at radius 3 is 2.37 bits per heavy atom. The maximum atomic E-state index is 14.1. The number of hydrogen-bond donors (Lipinski definition) is 2. The van der Waals surface area contributed by atoms with Crippen LogP contribution in [0, 0.1) is 11.8 Å². The second kappa shape index (κ2) is 11.5. The average molecular weight is 559 g/mol. The number of nitrogens with zero attached hydrogens (tertiary/aromatic N) is 2. The van der Waals surface area contributed by atoms with E-state index in [2.05, 4.69) is 19.2 Å². The summed E-state index contributed by atoms with van der Waals surface area (Å²) in [4.78, 5) is 44.4. The van der Waals surface area contributed by atoms with E-state index in [1.807, 2.05) is 24.0 Å². The van der Waals surface area contributed by atoms with Crippen LogP contribution in [0.25, 0.3) is 0 Å².